The third-order valence-corrected chi connectivity index (χ3v) is 6.22. The van der Waals surface area contributed by atoms with E-state index in [0.29, 0.717) is 0 Å². The van der Waals surface area contributed by atoms with E-state index in [2.05, 4.69) is 11.9 Å². The predicted molar refractivity (Wildman–Crippen MR) is 84.7 cm³/mol. The van der Waals surface area contributed by atoms with Gasteiger partial charge in [0.15, 0.2) is 4.87 Å². The van der Waals surface area contributed by atoms with Gasteiger partial charge in [0.1, 0.15) is 11.4 Å². The molecule has 7 nitrogen and oxygen atoms in total. The molecular weight excluding hydrogens is 320 g/mol. The van der Waals surface area contributed by atoms with Crippen molar-refractivity contribution in [3.05, 3.63) is 12.7 Å². The van der Waals surface area contributed by atoms with Crippen LogP contribution in [0, 0.1) is 17.3 Å². The highest BCUT2D eigenvalue weighted by atomic mass is 32.2. The first kappa shape index (κ1) is 17.9. The third-order valence-electron chi connectivity index (χ3n) is 4.55. The van der Waals surface area contributed by atoms with E-state index in [0.717, 1.165) is 12.8 Å². The number of ether oxygens (including phenoxy) is 1. The Kier molecular flexibility index (Phi) is 3.93. The molecule has 8 heteroatoms. The van der Waals surface area contributed by atoms with E-state index >= 15 is 0 Å². The molecule has 2 saturated carbocycles. The van der Waals surface area contributed by atoms with Crippen LogP contribution in [0.4, 0.5) is 4.79 Å². The van der Waals surface area contributed by atoms with Crippen molar-refractivity contribution in [1.82, 2.24) is 5.32 Å². The number of nitrogens with two attached hydrogens (primary N) is 1. The third kappa shape index (κ3) is 2.78. The van der Waals surface area contributed by atoms with Gasteiger partial charge < -0.3 is 4.74 Å². The number of carbonyl (C=O) groups excluding carboxylic acids is 2. The summed E-state index contributed by atoms with van der Waals surface area (Å²) in [6, 6.07) is 0. The molecule has 2 aliphatic carbocycles. The first-order valence-electron chi connectivity index (χ1n) is 7.51. The average molecular weight is 344 g/mol. The van der Waals surface area contributed by atoms with Crippen LogP contribution in [0.5, 0.6) is 0 Å². The van der Waals surface area contributed by atoms with Gasteiger partial charge >= 0.3 is 6.09 Å². The molecule has 0 saturated heterocycles. The van der Waals surface area contributed by atoms with Gasteiger partial charge in [-0.2, -0.15) is 0 Å². The van der Waals surface area contributed by atoms with Gasteiger partial charge in [-0.1, -0.05) is 13.0 Å². The number of hydrogen-bond donors (Lipinski definition) is 2. The van der Waals surface area contributed by atoms with E-state index in [4.69, 9.17) is 9.88 Å². The summed E-state index contributed by atoms with van der Waals surface area (Å²) in [7, 11) is -4.27. The Morgan fingerprint density at radius 3 is 2.22 bits per heavy atom. The molecule has 23 heavy (non-hydrogen) atoms. The van der Waals surface area contributed by atoms with Crippen LogP contribution in [-0.2, 0) is 19.6 Å². The standard InChI is InChI=1S/C15H24N2O5S/c1-6-14(5)11(10(18)9-7-8-9)15(14,23(16,20)21)17-12(19)22-13(2,3)4/h6,9,11H,1,7-8H2,2-5H3,(H,17,19)(H2,16,20,21)/t11?,14-,15+/m0/s1. The Bertz CT molecular complexity index is 662. The van der Waals surface area contributed by atoms with Crippen molar-refractivity contribution in [3.63, 3.8) is 0 Å². The lowest BCUT2D eigenvalue weighted by atomic mass is 10.0. The summed E-state index contributed by atoms with van der Waals surface area (Å²) in [6.45, 7) is 10.2. The number of sulfonamides is 1. The minimum Gasteiger partial charge on any atom is -0.444 e. The zero-order valence-electron chi connectivity index (χ0n) is 13.9. The molecule has 0 spiro atoms. The van der Waals surface area contributed by atoms with Crippen molar-refractivity contribution in [2.24, 2.45) is 22.4 Å². The first-order valence-corrected chi connectivity index (χ1v) is 9.05. The fraction of sp³-hybridized carbons (Fsp3) is 0.733. The van der Waals surface area contributed by atoms with Gasteiger partial charge in [-0.3, -0.25) is 10.1 Å². The molecule has 2 rings (SSSR count). The van der Waals surface area contributed by atoms with E-state index in [1.807, 2.05) is 0 Å². The summed E-state index contributed by atoms with van der Waals surface area (Å²) in [6.07, 6.45) is 1.91. The van der Waals surface area contributed by atoms with E-state index < -0.39 is 37.9 Å². The number of alkyl carbamates (subject to hydrolysis) is 1. The van der Waals surface area contributed by atoms with Crippen LogP contribution in [0.15, 0.2) is 12.7 Å². The van der Waals surface area contributed by atoms with Crippen molar-refractivity contribution in [2.45, 2.75) is 51.0 Å². The summed E-state index contributed by atoms with van der Waals surface area (Å²) < 4.78 is 29.6. The number of rotatable bonds is 5. The lowest BCUT2D eigenvalue weighted by Gasteiger charge is -2.24. The number of primary sulfonamides is 1. The fourth-order valence-electron chi connectivity index (χ4n) is 3.18. The summed E-state index contributed by atoms with van der Waals surface area (Å²) in [4.78, 5) is 22.7. The molecule has 0 aromatic heterocycles. The number of ketones is 1. The monoisotopic (exact) mass is 344 g/mol. The highest BCUT2D eigenvalue weighted by Crippen LogP contribution is 2.67. The number of amides is 1. The Morgan fingerprint density at radius 2 is 1.87 bits per heavy atom. The summed E-state index contributed by atoms with van der Waals surface area (Å²) in [5.41, 5.74) is -1.96. The smallest absolute Gasteiger partial charge is 0.409 e. The largest absolute Gasteiger partial charge is 0.444 e. The van der Waals surface area contributed by atoms with Crippen molar-refractivity contribution in [1.29, 1.82) is 0 Å². The minimum atomic E-state index is -4.27. The molecule has 2 fully saturated rings. The summed E-state index contributed by atoms with van der Waals surface area (Å²) in [5.74, 6) is -1.30. The second-order valence-electron chi connectivity index (χ2n) is 7.50. The topological polar surface area (TPSA) is 116 Å². The molecule has 1 amide bonds. The van der Waals surface area contributed by atoms with Crippen LogP contribution in [0.1, 0.15) is 40.5 Å². The van der Waals surface area contributed by atoms with Crippen LogP contribution in [-0.4, -0.2) is 30.8 Å². The molecule has 3 N–H and O–H groups in total. The van der Waals surface area contributed by atoms with Crippen molar-refractivity contribution >= 4 is 21.9 Å². The van der Waals surface area contributed by atoms with Crippen molar-refractivity contribution in [3.8, 4) is 0 Å². The van der Waals surface area contributed by atoms with E-state index in [1.54, 1.807) is 27.7 Å². The maximum absolute atomic E-state index is 12.5. The van der Waals surface area contributed by atoms with Crippen LogP contribution < -0.4 is 10.5 Å². The molecule has 1 unspecified atom stereocenters. The predicted octanol–water partition coefficient (Wildman–Crippen LogP) is 1.30. The highest BCUT2D eigenvalue weighted by molar-refractivity contribution is 7.91. The first-order chi connectivity index (χ1) is 10.3. The van der Waals surface area contributed by atoms with Crippen LogP contribution >= 0.6 is 0 Å². The van der Waals surface area contributed by atoms with Crippen LogP contribution in [0.25, 0.3) is 0 Å². The molecular formula is C15H24N2O5S. The van der Waals surface area contributed by atoms with E-state index in [1.165, 1.54) is 6.08 Å². The summed E-state index contributed by atoms with van der Waals surface area (Å²) in [5, 5.41) is 7.74. The zero-order chi connectivity index (χ0) is 17.8. The van der Waals surface area contributed by atoms with Crippen LogP contribution in [0.2, 0.25) is 0 Å². The molecule has 3 atom stereocenters. The second-order valence-corrected chi connectivity index (χ2v) is 9.24. The molecule has 130 valence electrons. The number of carbonyl (C=O) groups is 2. The Labute approximate surface area is 136 Å². The minimum absolute atomic E-state index is 0.164. The molecule has 0 heterocycles. The number of Topliss-reactive ketones (excluding diaryl/α,β-unsaturated/α-hetero) is 1. The molecule has 0 aliphatic heterocycles. The molecule has 2 aliphatic rings. The van der Waals surface area contributed by atoms with Crippen molar-refractivity contribution in [2.75, 3.05) is 0 Å². The van der Waals surface area contributed by atoms with E-state index in [9.17, 15) is 18.0 Å². The lowest BCUT2D eigenvalue weighted by molar-refractivity contribution is -0.122. The maximum atomic E-state index is 12.5. The van der Waals surface area contributed by atoms with Gasteiger partial charge in [-0.05, 0) is 33.6 Å². The molecule has 0 radical (unpaired) electrons. The number of nitrogens with one attached hydrogen (secondary N) is 1. The van der Waals surface area contributed by atoms with Gasteiger partial charge in [0, 0.05) is 11.3 Å². The molecule has 0 aromatic rings. The quantitative estimate of drug-likeness (QED) is 0.729. The van der Waals surface area contributed by atoms with Gasteiger partial charge in [0.05, 0.1) is 5.92 Å². The van der Waals surface area contributed by atoms with Gasteiger partial charge in [0.2, 0.25) is 10.0 Å². The van der Waals surface area contributed by atoms with E-state index in [-0.39, 0.29) is 11.7 Å². The fourth-order valence-corrected chi connectivity index (χ4v) is 4.85. The maximum Gasteiger partial charge on any atom is 0.409 e. The zero-order valence-corrected chi connectivity index (χ0v) is 14.7. The van der Waals surface area contributed by atoms with Gasteiger partial charge in [-0.25, -0.2) is 18.4 Å². The highest BCUT2D eigenvalue weighted by Gasteiger charge is 2.83. The Morgan fingerprint density at radius 1 is 1.35 bits per heavy atom. The van der Waals surface area contributed by atoms with Gasteiger partial charge in [0.25, 0.3) is 0 Å². The average Bonchev–Trinajstić information content (AvgIpc) is 3.22. The Hall–Kier alpha value is -1.41. The van der Waals surface area contributed by atoms with Crippen LogP contribution in [0.3, 0.4) is 0 Å². The van der Waals surface area contributed by atoms with Crippen molar-refractivity contribution < 1.29 is 22.7 Å². The molecule has 0 bridgehead atoms. The van der Waals surface area contributed by atoms with Gasteiger partial charge in [-0.15, -0.1) is 6.58 Å². The normalized spacial score (nSPS) is 33.7. The summed E-state index contributed by atoms with van der Waals surface area (Å²) >= 11 is 0. The lowest BCUT2D eigenvalue weighted by Crippen LogP contribution is -2.52. The Balaban J connectivity index is 2.39. The second kappa shape index (κ2) is 5.04. The SMILES string of the molecule is C=C[C@@]1(C)C(C(=O)C2CC2)[C@@]1(NC(=O)OC(C)(C)C)S(N)(=O)=O. The molecule has 0 aromatic carbocycles. The number of hydrogen-bond acceptors (Lipinski definition) is 5.